The fraction of sp³-hybridized carbons (Fsp3) is 0. The first kappa shape index (κ1) is 38.0. The maximum Gasteiger partial charge on any atom is 0.291 e. The fourth-order valence-electron chi connectivity index (χ4n) is 0. The Kier molecular flexibility index (Phi) is 136. The topological polar surface area (TPSA) is 296 Å². The summed E-state index contributed by atoms with van der Waals surface area (Å²) in [6.45, 7) is 0. The molecule has 16 heteroatoms. The molecule has 0 saturated carbocycles. The van der Waals surface area contributed by atoms with Crippen LogP contribution in [0.5, 0.6) is 0 Å². The van der Waals surface area contributed by atoms with Crippen molar-refractivity contribution in [3.8, 4) is 0 Å². The van der Waals surface area contributed by atoms with Gasteiger partial charge in [-0.25, -0.2) is 0 Å². The second-order valence-electron chi connectivity index (χ2n) is 0.639. The van der Waals surface area contributed by atoms with Gasteiger partial charge < -0.3 is 33.1 Å². The van der Waals surface area contributed by atoms with Gasteiger partial charge in [0.05, 0.1) is 0 Å². The molecule has 0 unspecified atom stereocenters. The van der Waals surface area contributed by atoms with Crippen molar-refractivity contribution < 1.29 is 31.0 Å². The van der Waals surface area contributed by atoms with Crippen LogP contribution in [0.4, 0.5) is 0 Å². The first-order chi connectivity index (χ1) is 6.29. The molecule has 0 radical (unpaired) electrons. The molecule has 16 heavy (non-hydrogen) atoms. The lowest BCUT2D eigenvalue weighted by Crippen LogP contribution is -1.81. The zero-order valence-electron chi connectivity index (χ0n) is 7.44. The molecule has 0 saturated heterocycles. The summed E-state index contributed by atoms with van der Waals surface area (Å²) in [5, 5.41) is 43.1. The molecule has 0 aliphatic heterocycles. The zero-order valence-corrected chi connectivity index (χ0v) is 7.44. The standard InChI is InChI=1S/2HNO3.2HNO2.2H3N/c2*2-1(3)4;2*2-1-3;;/h2*(H,2,3,4);2*(H,2,3);2*1H3. The number of hydrogen-bond acceptors (Lipinski definition) is 10. The van der Waals surface area contributed by atoms with E-state index < -0.39 is 10.2 Å². The third kappa shape index (κ3) is 137. The first-order valence-corrected chi connectivity index (χ1v) is 1.90. The molecule has 0 rings (SSSR count). The van der Waals surface area contributed by atoms with Crippen molar-refractivity contribution in [3.63, 3.8) is 0 Å². The highest BCUT2D eigenvalue weighted by molar-refractivity contribution is 3.84. The van der Waals surface area contributed by atoms with Crippen molar-refractivity contribution in [3.05, 3.63) is 30.0 Å². The highest BCUT2D eigenvalue weighted by atomic mass is 16.9. The van der Waals surface area contributed by atoms with Crippen molar-refractivity contribution in [2.24, 2.45) is 10.7 Å². The van der Waals surface area contributed by atoms with Crippen LogP contribution in [0.3, 0.4) is 0 Å². The summed E-state index contributed by atoms with van der Waals surface area (Å²) in [7, 11) is 0. The van der Waals surface area contributed by atoms with E-state index in [4.69, 9.17) is 50.9 Å². The minimum atomic E-state index is -1.50. The Morgan fingerprint density at radius 3 is 0.812 bits per heavy atom. The van der Waals surface area contributed by atoms with Gasteiger partial charge in [0, 0.05) is 0 Å². The van der Waals surface area contributed by atoms with Gasteiger partial charge in [-0.2, -0.15) is 0 Å². The Hall–Kier alpha value is -2.88. The lowest BCUT2D eigenvalue weighted by Gasteiger charge is -1.56. The third-order valence-electron chi connectivity index (χ3n) is 0. The van der Waals surface area contributed by atoms with Gasteiger partial charge in [-0.05, 0) is 0 Å². The molecule has 0 fully saturated rings. The van der Waals surface area contributed by atoms with Gasteiger partial charge in [-0.15, -0.1) is 30.0 Å². The average Bonchev–Trinajstić information content (AvgIpc) is 1.85. The number of rotatable bonds is 0. The molecule has 0 atom stereocenters. The summed E-state index contributed by atoms with van der Waals surface area (Å²) in [5.74, 6) is 0. The second-order valence-corrected chi connectivity index (χ2v) is 0.639. The molecule has 16 nitrogen and oxygen atoms in total. The van der Waals surface area contributed by atoms with Crippen LogP contribution in [0.1, 0.15) is 0 Å². The quantitative estimate of drug-likeness (QED) is 0.187. The van der Waals surface area contributed by atoms with Crippen molar-refractivity contribution in [1.82, 2.24) is 12.3 Å². The van der Waals surface area contributed by atoms with Crippen LogP contribution in [-0.4, -0.2) is 31.0 Å². The van der Waals surface area contributed by atoms with E-state index >= 15 is 0 Å². The zero-order chi connectivity index (χ0) is 12.6. The summed E-state index contributed by atoms with van der Waals surface area (Å²) < 4.78 is 0. The minimum Gasteiger partial charge on any atom is -0.379 e. The van der Waals surface area contributed by atoms with Crippen LogP contribution in [0.25, 0.3) is 0 Å². The van der Waals surface area contributed by atoms with Gasteiger partial charge in [0.15, 0.2) is 10.7 Å². The van der Waals surface area contributed by atoms with Crippen LogP contribution in [-0.2, 0) is 0 Å². The van der Waals surface area contributed by atoms with Gasteiger partial charge >= 0.3 is 0 Å². The number of nitrogens with zero attached hydrogens (tertiary/aromatic N) is 4. The monoisotopic (exact) mass is 254 g/mol. The van der Waals surface area contributed by atoms with E-state index in [0.717, 1.165) is 0 Å². The second kappa shape index (κ2) is 57.2. The molecule has 0 amide bonds. The van der Waals surface area contributed by atoms with Gasteiger partial charge in [-0.1, -0.05) is 0 Å². The highest BCUT2D eigenvalue weighted by Gasteiger charge is 1.65. The maximum atomic E-state index is 8.36. The molecule has 0 heterocycles. The van der Waals surface area contributed by atoms with E-state index in [-0.39, 0.29) is 12.3 Å². The minimum absolute atomic E-state index is 0. The smallest absolute Gasteiger partial charge is 0.291 e. The average molecular weight is 254 g/mol. The van der Waals surface area contributed by atoms with Crippen molar-refractivity contribution in [2.45, 2.75) is 0 Å². The maximum absolute atomic E-state index is 8.36. The molecule has 0 aromatic rings. The predicted molar refractivity (Wildman–Crippen MR) is 42.8 cm³/mol. The van der Waals surface area contributed by atoms with Crippen molar-refractivity contribution >= 4 is 0 Å². The molecule has 0 bridgehead atoms. The van der Waals surface area contributed by atoms with Gasteiger partial charge in [0.25, 0.3) is 10.2 Å². The third-order valence-corrected chi connectivity index (χ3v) is 0. The molecule has 0 aromatic heterocycles. The van der Waals surface area contributed by atoms with Gasteiger partial charge in [0.1, 0.15) is 0 Å². The normalized spacial score (nSPS) is 4.50. The molecule has 0 aliphatic rings. The molecule has 0 spiro atoms. The van der Waals surface area contributed by atoms with Crippen LogP contribution < -0.4 is 12.3 Å². The first-order valence-electron chi connectivity index (χ1n) is 1.90. The van der Waals surface area contributed by atoms with Crippen LogP contribution in [0, 0.1) is 30.0 Å². The van der Waals surface area contributed by atoms with Gasteiger partial charge in [0.2, 0.25) is 0 Å². The number of hydrogen-bond donors (Lipinski definition) is 6. The van der Waals surface area contributed by atoms with Crippen LogP contribution >= 0.6 is 0 Å². The highest BCUT2D eigenvalue weighted by Crippen LogP contribution is 1.38. The molecular formula is H10N6O10. The van der Waals surface area contributed by atoms with Crippen molar-refractivity contribution in [1.29, 1.82) is 0 Å². The summed E-state index contributed by atoms with van der Waals surface area (Å²) in [6.07, 6.45) is 0. The van der Waals surface area contributed by atoms with Crippen LogP contribution in [0.15, 0.2) is 10.7 Å². The van der Waals surface area contributed by atoms with E-state index in [1.807, 2.05) is 0 Å². The fourth-order valence-corrected chi connectivity index (χ4v) is 0. The summed E-state index contributed by atoms with van der Waals surface area (Å²) in [4.78, 5) is 32.9. The summed E-state index contributed by atoms with van der Waals surface area (Å²) in [6, 6.07) is 0. The van der Waals surface area contributed by atoms with Gasteiger partial charge in [-0.3, -0.25) is 0 Å². The molecule has 100 valence electrons. The SMILES string of the molecule is N.N.O=NO.O=NO.O=[N+]([O-])O.O=[N+]([O-])O. The Bertz CT molecular complexity index is 127. The molecule has 10 N–H and O–H groups in total. The molecule has 0 aromatic carbocycles. The Morgan fingerprint density at radius 1 is 0.812 bits per heavy atom. The lowest BCUT2D eigenvalue weighted by molar-refractivity contribution is -0.742. The lowest BCUT2D eigenvalue weighted by atomic mass is 13.1. The largest absolute Gasteiger partial charge is 0.379 e. The Morgan fingerprint density at radius 2 is 0.812 bits per heavy atom. The van der Waals surface area contributed by atoms with E-state index in [1.54, 1.807) is 0 Å². The molecular weight excluding hydrogens is 244 g/mol. The van der Waals surface area contributed by atoms with Crippen LogP contribution in [0.2, 0.25) is 0 Å². The summed E-state index contributed by atoms with van der Waals surface area (Å²) in [5.41, 5.74) is 0. The predicted octanol–water partition coefficient (Wildman–Crippen LogP) is -0.0874. The summed E-state index contributed by atoms with van der Waals surface area (Å²) >= 11 is 0. The van der Waals surface area contributed by atoms with E-state index in [0.29, 0.717) is 0 Å². The van der Waals surface area contributed by atoms with Crippen molar-refractivity contribution in [2.75, 3.05) is 0 Å². The Balaban J connectivity index is -0.0000000202. The van der Waals surface area contributed by atoms with E-state index in [2.05, 4.69) is 0 Å². The molecule has 0 aliphatic carbocycles. The Labute approximate surface area is 85.4 Å². The van der Waals surface area contributed by atoms with E-state index in [9.17, 15) is 0 Å². The van der Waals surface area contributed by atoms with E-state index in [1.165, 1.54) is 10.7 Å².